The fourth-order valence-corrected chi connectivity index (χ4v) is 0.237. The Hall–Kier alpha value is -0.690. The van der Waals surface area contributed by atoms with Crippen LogP contribution in [0.3, 0.4) is 0 Å². The maximum atomic E-state index is 9.93. The van der Waals surface area contributed by atoms with Crippen molar-refractivity contribution < 1.29 is 9.53 Å². The Morgan fingerprint density at radius 2 is 2.57 bits per heavy atom. The lowest BCUT2D eigenvalue weighted by atomic mass is 11.5. The van der Waals surface area contributed by atoms with Crippen LogP contribution in [0, 0.1) is 10.7 Å². The summed E-state index contributed by atoms with van der Waals surface area (Å²) in [4.78, 5) is 9.93. The van der Waals surface area contributed by atoms with Gasteiger partial charge in [-0.3, -0.25) is 0 Å². The van der Waals surface area contributed by atoms with Gasteiger partial charge in [0, 0.05) is 0 Å². The molecule has 0 aliphatic heterocycles. The average molecular weight is 117 g/mol. The lowest BCUT2D eigenvalue weighted by Gasteiger charge is -1.84. The number of hydrogen-bond donors (Lipinski definition) is 0. The molecule has 0 saturated heterocycles. The van der Waals surface area contributed by atoms with Crippen molar-refractivity contribution >= 4 is 17.1 Å². The molecule has 0 radical (unpaired) electrons. The van der Waals surface area contributed by atoms with Gasteiger partial charge in [-0.15, -0.1) is 0 Å². The molecule has 0 saturated carbocycles. The molecule has 0 fully saturated rings. The van der Waals surface area contributed by atoms with Crippen LogP contribution >= 0.6 is 11.8 Å². The Bertz CT molecular complexity index is 106. The molecule has 0 spiro atoms. The summed E-state index contributed by atoms with van der Waals surface area (Å²) in [5.74, 6) is 0. The molecule has 0 amide bonds. The summed E-state index contributed by atoms with van der Waals surface area (Å²) < 4.78 is 4.09. The molecule has 38 valence electrons. The first-order valence-corrected chi connectivity index (χ1v) is 2.26. The number of nitriles is 1. The molecule has 0 aliphatic carbocycles. The quantitative estimate of drug-likeness (QED) is 0.350. The highest BCUT2D eigenvalue weighted by Gasteiger charge is 1.94. The van der Waals surface area contributed by atoms with Crippen LogP contribution in [-0.4, -0.2) is 12.4 Å². The minimum atomic E-state index is -0.567. The van der Waals surface area contributed by atoms with Crippen molar-refractivity contribution in [2.75, 3.05) is 7.11 Å². The molecule has 0 bridgehead atoms. The molecular weight excluding hydrogens is 114 g/mol. The number of thiocyanates is 1. The number of methoxy groups -OCH3 is 1. The Kier molecular flexibility index (Phi) is 3.15. The number of carbonyl (C=O) groups excluding carboxylic acids is 1. The van der Waals surface area contributed by atoms with E-state index >= 15 is 0 Å². The average Bonchev–Trinajstić information content (AvgIpc) is 1.68. The fourth-order valence-electron chi connectivity index (χ4n) is 0.0789. The van der Waals surface area contributed by atoms with Gasteiger partial charge in [0.15, 0.2) is 0 Å². The summed E-state index contributed by atoms with van der Waals surface area (Å²) in [6.45, 7) is 0. The topological polar surface area (TPSA) is 50.1 Å². The third-order valence-corrected chi connectivity index (χ3v) is 0.720. The Morgan fingerprint density at radius 1 is 2.00 bits per heavy atom. The van der Waals surface area contributed by atoms with Gasteiger partial charge in [0.2, 0.25) is 0 Å². The molecular formula is C3H3NO2S. The third kappa shape index (κ3) is 3.13. The number of rotatable bonds is 0. The Balaban J connectivity index is 3.23. The van der Waals surface area contributed by atoms with Gasteiger partial charge >= 0.3 is 5.30 Å². The van der Waals surface area contributed by atoms with Gasteiger partial charge < -0.3 is 4.74 Å². The van der Waals surface area contributed by atoms with Crippen molar-refractivity contribution in [1.82, 2.24) is 0 Å². The second-order valence-corrected chi connectivity index (χ2v) is 1.37. The maximum Gasteiger partial charge on any atom is 0.381 e. The van der Waals surface area contributed by atoms with Crippen molar-refractivity contribution in [2.24, 2.45) is 0 Å². The molecule has 4 heteroatoms. The van der Waals surface area contributed by atoms with Crippen molar-refractivity contribution in [2.45, 2.75) is 0 Å². The lowest BCUT2D eigenvalue weighted by molar-refractivity contribution is 0.200. The smallest absolute Gasteiger partial charge is 0.381 e. The summed E-state index contributed by atoms with van der Waals surface area (Å²) in [5, 5.41) is 8.77. The summed E-state index contributed by atoms with van der Waals surface area (Å²) in [6.07, 6.45) is 0. The van der Waals surface area contributed by atoms with Crippen molar-refractivity contribution in [3.63, 3.8) is 0 Å². The Morgan fingerprint density at radius 3 is 2.71 bits per heavy atom. The van der Waals surface area contributed by atoms with Crippen LogP contribution in [-0.2, 0) is 4.74 Å². The molecule has 0 N–H and O–H groups in total. The zero-order valence-corrected chi connectivity index (χ0v) is 4.49. The monoisotopic (exact) mass is 117 g/mol. The number of hydrogen-bond acceptors (Lipinski definition) is 4. The molecule has 0 aliphatic rings. The van der Waals surface area contributed by atoms with Gasteiger partial charge in [-0.1, -0.05) is 0 Å². The summed E-state index contributed by atoms with van der Waals surface area (Å²) in [7, 11) is 1.23. The normalized spacial score (nSPS) is 6.86. The van der Waals surface area contributed by atoms with E-state index in [1.807, 2.05) is 0 Å². The van der Waals surface area contributed by atoms with Gasteiger partial charge in [0.1, 0.15) is 5.40 Å². The molecule has 7 heavy (non-hydrogen) atoms. The van der Waals surface area contributed by atoms with E-state index in [4.69, 9.17) is 5.26 Å². The summed E-state index contributed by atoms with van der Waals surface area (Å²) in [6, 6.07) is 0. The van der Waals surface area contributed by atoms with Crippen LogP contribution < -0.4 is 0 Å². The van der Waals surface area contributed by atoms with E-state index in [1.165, 1.54) is 7.11 Å². The minimum absolute atomic E-state index is 0.476. The van der Waals surface area contributed by atoms with Crippen LogP contribution in [0.25, 0.3) is 0 Å². The molecule has 0 rings (SSSR count). The standard InChI is InChI=1S/C3H3NO2S/c1-6-3(5)7-2-4/h1H3. The molecule has 0 aromatic carbocycles. The van der Waals surface area contributed by atoms with E-state index < -0.39 is 5.30 Å². The van der Waals surface area contributed by atoms with Gasteiger partial charge in [-0.25, -0.2) is 4.79 Å². The first-order valence-electron chi connectivity index (χ1n) is 1.45. The van der Waals surface area contributed by atoms with Crippen LogP contribution in [0.5, 0.6) is 0 Å². The first kappa shape index (κ1) is 6.31. The summed E-state index contributed by atoms with van der Waals surface area (Å²) >= 11 is 0.476. The van der Waals surface area contributed by atoms with E-state index in [0.29, 0.717) is 11.8 Å². The lowest BCUT2D eigenvalue weighted by Crippen LogP contribution is -1.86. The van der Waals surface area contributed by atoms with Crippen LogP contribution in [0.15, 0.2) is 0 Å². The van der Waals surface area contributed by atoms with Gasteiger partial charge in [-0.2, -0.15) is 5.26 Å². The van der Waals surface area contributed by atoms with Crippen molar-refractivity contribution in [3.8, 4) is 5.40 Å². The predicted molar refractivity (Wildman–Crippen MR) is 25.6 cm³/mol. The minimum Gasteiger partial charge on any atom is -0.460 e. The molecule has 0 aromatic rings. The highest BCUT2D eigenvalue weighted by molar-refractivity contribution is 8.17. The predicted octanol–water partition coefficient (Wildman–Crippen LogP) is 0.967. The maximum absolute atomic E-state index is 9.93. The van der Waals surface area contributed by atoms with E-state index in [9.17, 15) is 4.79 Å². The van der Waals surface area contributed by atoms with E-state index in [2.05, 4.69) is 4.74 Å². The highest BCUT2D eigenvalue weighted by Crippen LogP contribution is 1.98. The van der Waals surface area contributed by atoms with Crippen LogP contribution in [0.2, 0.25) is 0 Å². The molecule has 3 nitrogen and oxygen atoms in total. The van der Waals surface area contributed by atoms with Gasteiger partial charge in [0.05, 0.1) is 18.9 Å². The first-order chi connectivity index (χ1) is 3.31. The second-order valence-electron chi connectivity index (χ2n) is 0.647. The zero-order chi connectivity index (χ0) is 5.70. The fraction of sp³-hybridized carbons (Fsp3) is 0.333. The van der Waals surface area contributed by atoms with Gasteiger partial charge in [-0.05, 0) is 0 Å². The third-order valence-electron chi connectivity index (χ3n) is 0.296. The SMILES string of the molecule is COC(=O)SC#N. The van der Waals surface area contributed by atoms with Crippen molar-refractivity contribution in [3.05, 3.63) is 0 Å². The van der Waals surface area contributed by atoms with E-state index in [1.54, 1.807) is 5.40 Å². The van der Waals surface area contributed by atoms with Crippen LogP contribution in [0.1, 0.15) is 0 Å². The molecule has 0 atom stereocenters. The number of nitrogens with zero attached hydrogens (tertiary/aromatic N) is 1. The molecule has 0 unspecified atom stereocenters. The van der Waals surface area contributed by atoms with Gasteiger partial charge in [0.25, 0.3) is 0 Å². The molecule has 0 heterocycles. The highest BCUT2D eigenvalue weighted by atomic mass is 32.2. The second kappa shape index (κ2) is 3.50. The van der Waals surface area contributed by atoms with Crippen molar-refractivity contribution in [1.29, 1.82) is 5.26 Å². The van der Waals surface area contributed by atoms with E-state index in [0.717, 1.165) is 0 Å². The number of ether oxygens (including phenoxy) is 1. The number of thioether (sulfide) groups is 1. The number of carbonyl (C=O) groups is 1. The Labute approximate surface area is 45.3 Å². The largest absolute Gasteiger partial charge is 0.460 e. The van der Waals surface area contributed by atoms with E-state index in [-0.39, 0.29) is 0 Å². The zero-order valence-electron chi connectivity index (χ0n) is 3.67. The summed E-state index contributed by atoms with van der Waals surface area (Å²) in [5.41, 5.74) is 0. The molecule has 0 aromatic heterocycles. The van der Waals surface area contributed by atoms with Crippen LogP contribution in [0.4, 0.5) is 4.79 Å².